The van der Waals surface area contributed by atoms with E-state index < -0.39 is 5.82 Å². The van der Waals surface area contributed by atoms with E-state index in [4.69, 9.17) is 9.26 Å². The van der Waals surface area contributed by atoms with Crippen LogP contribution in [0.2, 0.25) is 0 Å². The van der Waals surface area contributed by atoms with Crippen LogP contribution in [-0.2, 0) is 11.2 Å². The van der Waals surface area contributed by atoms with Gasteiger partial charge in [0.25, 0.3) is 5.89 Å². The summed E-state index contributed by atoms with van der Waals surface area (Å²) in [5, 5.41) is 6.69. The fourth-order valence-corrected chi connectivity index (χ4v) is 3.43. The average Bonchev–Trinajstić information content (AvgIpc) is 3.20. The molecule has 162 valence electrons. The van der Waals surface area contributed by atoms with Gasteiger partial charge in [-0.05, 0) is 49.9 Å². The lowest BCUT2D eigenvalue weighted by molar-refractivity contribution is -0.123. The molecule has 1 aromatic carbocycles. The number of halogens is 1. The zero-order chi connectivity index (χ0) is 22.0. The first-order valence-corrected chi connectivity index (χ1v) is 10.3. The largest absolute Gasteiger partial charge is 0.486 e. The highest BCUT2D eigenvalue weighted by Crippen LogP contribution is 2.27. The van der Waals surface area contributed by atoms with E-state index in [1.165, 1.54) is 12.1 Å². The normalized spacial score (nSPS) is 16.4. The molecule has 0 spiro atoms. The van der Waals surface area contributed by atoms with Gasteiger partial charge in [0.2, 0.25) is 11.7 Å². The van der Waals surface area contributed by atoms with Crippen LogP contribution in [0.25, 0.3) is 23.0 Å². The number of hydrogen-bond donors (Lipinski definition) is 1. The Morgan fingerprint density at radius 2 is 2.10 bits per heavy atom. The van der Waals surface area contributed by atoms with Crippen molar-refractivity contribution >= 4 is 5.91 Å². The molecule has 9 heteroatoms. The van der Waals surface area contributed by atoms with Gasteiger partial charge in [-0.2, -0.15) is 4.98 Å². The highest BCUT2D eigenvalue weighted by molar-refractivity contribution is 5.76. The van der Waals surface area contributed by atoms with Gasteiger partial charge in [-0.15, -0.1) is 0 Å². The number of nitrogens with zero attached hydrogens (tertiary/aromatic N) is 4. The Morgan fingerprint density at radius 3 is 2.81 bits per heavy atom. The van der Waals surface area contributed by atoms with Crippen LogP contribution in [0, 0.1) is 18.7 Å². The van der Waals surface area contributed by atoms with Crippen molar-refractivity contribution in [2.75, 3.05) is 6.54 Å². The first-order chi connectivity index (χ1) is 14.9. The maximum atomic E-state index is 14.6. The molecule has 0 bridgehead atoms. The summed E-state index contributed by atoms with van der Waals surface area (Å²) < 4.78 is 25.7. The molecular weight excluding hydrogens is 401 g/mol. The SMILES string of the molecule is Cc1nc(CC(C)C)cc(-c2nc(-c3ccc(O[C@@H]4CCC(=O)NC4)c(F)c3)no2)n1. The van der Waals surface area contributed by atoms with Gasteiger partial charge in [0, 0.05) is 17.7 Å². The van der Waals surface area contributed by atoms with Gasteiger partial charge < -0.3 is 14.6 Å². The zero-order valence-electron chi connectivity index (χ0n) is 17.7. The molecule has 0 unspecified atom stereocenters. The van der Waals surface area contributed by atoms with Crippen LogP contribution in [0.4, 0.5) is 4.39 Å². The number of rotatable bonds is 6. The molecular formula is C22H24FN5O3. The summed E-state index contributed by atoms with van der Waals surface area (Å²) in [7, 11) is 0. The van der Waals surface area contributed by atoms with E-state index in [1.54, 1.807) is 6.07 Å². The standard InChI is InChI=1S/C22H24FN5O3/c1-12(2)8-15-10-18(26-13(3)25-15)22-27-21(28-31-22)14-4-6-19(17(23)9-14)30-16-5-7-20(29)24-11-16/h4,6,9-10,12,16H,5,7-8,11H2,1-3H3,(H,24,29)/t16-/m1/s1. The number of piperidine rings is 1. The van der Waals surface area contributed by atoms with Crippen LogP contribution < -0.4 is 10.1 Å². The van der Waals surface area contributed by atoms with Crippen LogP contribution in [0.3, 0.4) is 0 Å². The number of aromatic nitrogens is 4. The molecule has 1 aliphatic heterocycles. The molecule has 0 aliphatic carbocycles. The average molecular weight is 425 g/mol. The Balaban J connectivity index is 1.52. The van der Waals surface area contributed by atoms with Crippen LogP contribution in [0.15, 0.2) is 28.8 Å². The first kappa shape index (κ1) is 20.9. The number of nitrogens with one attached hydrogen (secondary N) is 1. The Kier molecular flexibility index (Phi) is 5.92. The van der Waals surface area contributed by atoms with E-state index >= 15 is 0 Å². The second-order valence-corrected chi connectivity index (χ2v) is 8.04. The predicted octanol–water partition coefficient (Wildman–Crippen LogP) is 3.50. The summed E-state index contributed by atoms with van der Waals surface area (Å²) in [6.07, 6.45) is 1.49. The second-order valence-electron chi connectivity index (χ2n) is 8.04. The lowest BCUT2D eigenvalue weighted by atomic mass is 10.1. The minimum absolute atomic E-state index is 0.0150. The summed E-state index contributed by atoms with van der Waals surface area (Å²) in [4.78, 5) is 24.5. The number of ether oxygens (including phenoxy) is 1. The number of carbonyl (C=O) groups is 1. The number of amides is 1. The highest BCUT2D eigenvalue weighted by atomic mass is 19.1. The fraction of sp³-hybridized carbons (Fsp3) is 0.409. The third kappa shape index (κ3) is 5.04. The molecule has 1 fully saturated rings. The Morgan fingerprint density at radius 1 is 1.26 bits per heavy atom. The van der Waals surface area contributed by atoms with Crippen molar-refractivity contribution in [3.05, 3.63) is 41.6 Å². The topological polar surface area (TPSA) is 103 Å². The van der Waals surface area contributed by atoms with Gasteiger partial charge in [-0.25, -0.2) is 14.4 Å². The third-order valence-electron chi connectivity index (χ3n) is 4.86. The van der Waals surface area contributed by atoms with E-state index in [1.807, 2.05) is 13.0 Å². The van der Waals surface area contributed by atoms with Crippen molar-refractivity contribution in [2.45, 2.75) is 46.1 Å². The van der Waals surface area contributed by atoms with Gasteiger partial charge >= 0.3 is 0 Å². The maximum absolute atomic E-state index is 14.6. The van der Waals surface area contributed by atoms with Gasteiger partial charge in [0.15, 0.2) is 11.6 Å². The third-order valence-corrected chi connectivity index (χ3v) is 4.86. The minimum Gasteiger partial charge on any atom is -0.486 e. The summed E-state index contributed by atoms with van der Waals surface area (Å²) in [6, 6.07) is 6.35. The van der Waals surface area contributed by atoms with Gasteiger partial charge in [0.05, 0.1) is 6.54 Å². The smallest absolute Gasteiger partial charge is 0.276 e. The number of benzene rings is 1. The first-order valence-electron chi connectivity index (χ1n) is 10.3. The van der Waals surface area contributed by atoms with E-state index in [2.05, 4.69) is 39.3 Å². The van der Waals surface area contributed by atoms with Crippen LogP contribution in [-0.4, -0.2) is 38.7 Å². The second kappa shape index (κ2) is 8.79. The number of aryl methyl sites for hydroxylation is 1. The highest BCUT2D eigenvalue weighted by Gasteiger charge is 2.21. The van der Waals surface area contributed by atoms with Gasteiger partial charge in [0.1, 0.15) is 17.6 Å². The molecule has 2 aromatic heterocycles. The minimum atomic E-state index is -0.530. The molecule has 0 saturated carbocycles. The molecule has 1 aliphatic rings. The molecule has 3 aromatic rings. The van der Waals surface area contributed by atoms with E-state index in [0.717, 1.165) is 12.1 Å². The molecule has 0 radical (unpaired) electrons. The Hall–Kier alpha value is -3.36. The molecule has 31 heavy (non-hydrogen) atoms. The molecule has 1 N–H and O–H groups in total. The molecule has 1 atom stereocenters. The Labute approximate surface area is 179 Å². The summed E-state index contributed by atoms with van der Waals surface area (Å²) in [5.41, 5.74) is 1.91. The summed E-state index contributed by atoms with van der Waals surface area (Å²) in [5.74, 6) is 1.17. The van der Waals surface area contributed by atoms with E-state index in [9.17, 15) is 9.18 Å². The van der Waals surface area contributed by atoms with E-state index in [-0.39, 0.29) is 29.5 Å². The van der Waals surface area contributed by atoms with Crippen molar-refractivity contribution in [3.8, 4) is 28.7 Å². The molecule has 1 saturated heterocycles. The zero-order valence-corrected chi connectivity index (χ0v) is 17.7. The van der Waals surface area contributed by atoms with Gasteiger partial charge in [-0.3, -0.25) is 4.79 Å². The van der Waals surface area contributed by atoms with Crippen molar-refractivity contribution in [3.63, 3.8) is 0 Å². The van der Waals surface area contributed by atoms with Crippen molar-refractivity contribution in [2.24, 2.45) is 5.92 Å². The molecule has 8 nitrogen and oxygen atoms in total. The van der Waals surface area contributed by atoms with Gasteiger partial charge in [-0.1, -0.05) is 19.0 Å². The van der Waals surface area contributed by atoms with Crippen LogP contribution in [0.1, 0.15) is 38.2 Å². The summed E-state index contributed by atoms with van der Waals surface area (Å²) >= 11 is 0. The quantitative estimate of drug-likeness (QED) is 0.645. The molecule has 1 amide bonds. The van der Waals surface area contributed by atoms with Crippen LogP contribution in [0.5, 0.6) is 5.75 Å². The monoisotopic (exact) mass is 425 g/mol. The number of carbonyl (C=O) groups excluding carboxylic acids is 1. The van der Waals surface area contributed by atoms with Crippen molar-refractivity contribution in [1.29, 1.82) is 0 Å². The fourth-order valence-electron chi connectivity index (χ4n) is 3.43. The lowest BCUT2D eigenvalue weighted by Gasteiger charge is -2.23. The predicted molar refractivity (Wildman–Crippen MR) is 111 cm³/mol. The lowest BCUT2D eigenvalue weighted by Crippen LogP contribution is -2.40. The number of hydrogen-bond acceptors (Lipinski definition) is 7. The van der Waals surface area contributed by atoms with Crippen LogP contribution >= 0.6 is 0 Å². The Bertz CT molecular complexity index is 1090. The van der Waals surface area contributed by atoms with Crippen molar-refractivity contribution in [1.82, 2.24) is 25.4 Å². The summed E-state index contributed by atoms with van der Waals surface area (Å²) in [6.45, 7) is 6.42. The van der Waals surface area contributed by atoms with Crippen molar-refractivity contribution < 1.29 is 18.4 Å². The maximum Gasteiger partial charge on any atom is 0.276 e. The van der Waals surface area contributed by atoms with E-state index in [0.29, 0.717) is 42.4 Å². The molecule has 3 heterocycles. The molecule has 4 rings (SSSR count).